The molecule has 1 aromatic carbocycles. The zero-order valence-electron chi connectivity index (χ0n) is 12.0. The van der Waals surface area contributed by atoms with E-state index in [1.54, 1.807) is 11.1 Å². The van der Waals surface area contributed by atoms with Gasteiger partial charge in [0.05, 0.1) is 11.7 Å². The number of nitrogens with one attached hydrogen (secondary N) is 1. The summed E-state index contributed by atoms with van der Waals surface area (Å²) < 4.78 is 0. The number of piperazine rings is 1. The van der Waals surface area contributed by atoms with Crippen LogP contribution in [0.1, 0.15) is 12.8 Å². The number of halogens is 1. The highest BCUT2D eigenvalue weighted by Gasteiger charge is 2.50. The molecule has 1 saturated carbocycles. The third kappa shape index (κ3) is 2.23. The number of nitrogens with zero attached hydrogens (tertiary/aromatic N) is 3. The van der Waals surface area contributed by atoms with Gasteiger partial charge in [0, 0.05) is 42.3 Å². The van der Waals surface area contributed by atoms with Crippen molar-refractivity contribution in [2.24, 2.45) is 0 Å². The quantitative estimate of drug-likeness (QED) is 0.877. The normalized spacial score (nSPS) is 20.5. The Morgan fingerprint density at radius 1 is 1.27 bits per heavy atom. The molecule has 0 spiro atoms. The van der Waals surface area contributed by atoms with Crippen LogP contribution < -0.4 is 4.90 Å². The second kappa shape index (κ2) is 4.86. The fraction of sp³-hybridized carbons (Fsp3) is 0.467. The Bertz CT molecular complexity index is 732. The van der Waals surface area contributed by atoms with Crippen molar-refractivity contribution in [1.29, 1.82) is 0 Å². The monoisotopic (exact) mass is 320 g/mol. The van der Waals surface area contributed by atoms with Crippen LogP contribution in [-0.4, -0.2) is 57.9 Å². The standard InChI is InChI=1S/C15H17ClN4O2/c16-10-7-12-11(9-17-18-12)13(8-10)19-3-5-20(6-4-19)14(21)15(22)1-2-15/h7-9,22H,1-6H2,(H,17,18). The Morgan fingerprint density at radius 3 is 2.68 bits per heavy atom. The molecular formula is C15H17ClN4O2. The number of carbonyl (C=O) groups is 1. The first-order valence-corrected chi connectivity index (χ1v) is 7.84. The predicted molar refractivity (Wildman–Crippen MR) is 84.1 cm³/mol. The highest BCUT2D eigenvalue weighted by molar-refractivity contribution is 6.31. The smallest absolute Gasteiger partial charge is 0.254 e. The van der Waals surface area contributed by atoms with Crippen molar-refractivity contribution in [3.8, 4) is 0 Å². The van der Waals surface area contributed by atoms with E-state index in [9.17, 15) is 9.90 Å². The minimum absolute atomic E-state index is 0.119. The van der Waals surface area contributed by atoms with Gasteiger partial charge in [0.15, 0.2) is 0 Å². The molecule has 1 aliphatic carbocycles. The lowest BCUT2D eigenvalue weighted by atomic mass is 10.1. The molecule has 6 nitrogen and oxygen atoms in total. The number of fused-ring (bicyclic) bond motifs is 1. The number of hydrogen-bond donors (Lipinski definition) is 2. The van der Waals surface area contributed by atoms with Crippen LogP contribution in [-0.2, 0) is 4.79 Å². The SMILES string of the molecule is O=C(N1CCN(c2cc(Cl)cc3[nH]ncc23)CC1)C1(O)CC1. The van der Waals surface area contributed by atoms with Crippen LogP contribution in [0.3, 0.4) is 0 Å². The summed E-state index contributed by atoms with van der Waals surface area (Å²) in [7, 11) is 0. The van der Waals surface area contributed by atoms with Gasteiger partial charge in [-0.1, -0.05) is 11.6 Å². The predicted octanol–water partition coefficient (Wildman–Crippen LogP) is 1.39. The summed E-state index contributed by atoms with van der Waals surface area (Å²) in [6, 6.07) is 3.79. The number of aromatic nitrogens is 2. The Balaban J connectivity index is 1.53. The molecule has 1 saturated heterocycles. The summed E-state index contributed by atoms with van der Waals surface area (Å²) in [5.41, 5.74) is 0.873. The van der Waals surface area contributed by atoms with Crippen molar-refractivity contribution in [1.82, 2.24) is 15.1 Å². The number of amides is 1. The van der Waals surface area contributed by atoms with E-state index >= 15 is 0 Å². The van der Waals surface area contributed by atoms with Gasteiger partial charge in [0.2, 0.25) is 0 Å². The molecule has 22 heavy (non-hydrogen) atoms. The number of aliphatic hydroxyl groups is 1. The first-order valence-electron chi connectivity index (χ1n) is 7.46. The summed E-state index contributed by atoms with van der Waals surface area (Å²) >= 11 is 6.18. The van der Waals surface area contributed by atoms with E-state index in [-0.39, 0.29) is 5.91 Å². The molecule has 2 aliphatic rings. The van der Waals surface area contributed by atoms with Gasteiger partial charge in [-0.05, 0) is 25.0 Å². The first kappa shape index (κ1) is 13.8. The van der Waals surface area contributed by atoms with E-state index in [4.69, 9.17) is 11.6 Å². The molecule has 0 radical (unpaired) electrons. The number of aromatic amines is 1. The van der Waals surface area contributed by atoms with Gasteiger partial charge in [-0.25, -0.2) is 0 Å². The summed E-state index contributed by atoms with van der Waals surface area (Å²) in [5, 5.41) is 18.7. The van der Waals surface area contributed by atoms with Gasteiger partial charge < -0.3 is 14.9 Å². The number of benzene rings is 1. The second-order valence-corrected chi connectivity index (χ2v) is 6.50. The van der Waals surface area contributed by atoms with Gasteiger partial charge in [-0.2, -0.15) is 5.10 Å². The van der Waals surface area contributed by atoms with E-state index in [2.05, 4.69) is 15.1 Å². The van der Waals surface area contributed by atoms with Crippen molar-refractivity contribution in [3.05, 3.63) is 23.4 Å². The average molecular weight is 321 g/mol. The minimum Gasteiger partial charge on any atom is -0.380 e. The van der Waals surface area contributed by atoms with Crippen molar-refractivity contribution in [2.45, 2.75) is 18.4 Å². The largest absolute Gasteiger partial charge is 0.380 e. The first-order chi connectivity index (χ1) is 10.6. The molecule has 2 heterocycles. The molecule has 116 valence electrons. The van der Waals surface area contributed by atoms with Crippen LogP contribution in [0.5, 0.6) is 0 Å². The zero-order valence-corrected chi connectivity index (χ0v) is 12.8. The minimum atomic E-state index is -1.07. The van der Waals surface area contributed by atoms with Crippen LogP contribution in [0, 0.1) is 0 Å². The van der Waals surface area contributed by atoms with Crippen LogP contribution >= 0.6 is 11.6 Å². The van der Waals surface area contributed by atoms with Crippen LogP contribution in [0.2, 0.25) is 5.02 Å². The van der Waals surface area contributed by atoms with Gasteiger partial charge in [-0.3, -0.25) is 9.89 Å². The number of anilines is 1. The molecular weight excluding hydrogens is 304 g/mol. The fourth-order valence-electron chi connectivity index (χ4n) is 3.04. The van der Waals surface area contributed by atoms with Gasteiger partial charge >= 0.3 is 0 Å². The van der Waals surface area contributed by atoms with Crippen LogP contribution in [0.4, 0.5) is 5.69 Å². The third-order valence-corrected chi connectivity index (χ3v) is 4.75. The Hall–Kier alpha value is -1.79. The molecule has 0 bridgehead atoms. The van der Waals surface area contributed by atoms with Crippen molar-refractivity contribution in [3.63, 3.8) is 0 Å². The molecule has 2 fully saturated rings. The van der Waals surface area contributed by atoms with E-state index in [1.807, 2.05) is 12.1 Å². The maximum absolute atomic E-state index is 12.2. The number of H-pyrrole nitrogens is 1. The molecule has 0 unspecified atom stereocenters. The molecule has 1 aromatic heterocycles. The lowest BCUT2D eigenvalue weighted by Crippen LogP contribution is -2.52. The molecule has 7 heteroatoms. The maximum Gasteiger partial charge on any atom is 0.254 e. The van der Waals surface area contributed by atoms with Gasteiger partial charge in [0.25, 0.3) is 5.91 Å². The zero-order chi connectivity index (χ0) is 15.3. The van der Waals surface area contributed by atoms with Crippen LogP contribution in [0.25, 0.3) is 10.9 Å². The number of carbonyl (C=O) groups excluding carboxylic acids is 1. The Morgan fingerprint density at radius 2 is 2.00 bits per heavy atom. The van der Waals surface area contributed by atoms with Crippen molar-refractivity contribution >= 4 is 34.1 Å². The van der Waals surface area contributed by atoms with Crippen molar-refractivity contribution in [2.75, 3.05) is 31.1 Å². The number of hydrogen-bond acceptors (Lipinski definition) is 4. The maximum atomic E-state index is 12.2. The molecule has 2 aromatic rings. The van der Waals surface area contributed by atoms with Crippen molar-refractivity contribution < 1.29 is 9.90 Å². The Labute approximate surface area is 132 Å². The lowest BCUT2D eigenvalue weighted by Gasteiger charge is -2.37. The van der Waals surface area contributed by atoms with E-state index in [0.29, 0.717) is 31.0 Å². The Kier molecular flexibility index (Phi) is 3.06. The lowest BCUT2D eigenvalue weighted by molar-refractivity contribution is -0.142. The highest BCUT2D eigenvalue weighted by Crippen LogP contribution is 2.37. The molecule has 1 aliphatic heterocycles. The summed E-state index contributed by atoms with van der Waals surface area (Å²) in [6.45, 7) is 2.69. The summed E-state index contributed by atoms with van der Waals surface area (Å²) in [5.74, 6) is -0.119. The van der Waals surface area contributed by atoms with E-state index < -0.39 is 5.60 Å². The number of rotatable bonds is 2. The molecule has 0 atom stereocenters. The highest BCUT2D eigenvalue weighted by atomic mass is 35.5. The van der Waals surface area contributed by atoms with Gasteiger partial charge in [-0.15, -0.1) is 0 Å². The fourth-order valence-corrected chi connectivity index (χ4v) is 3.25. The topological polar surface area (TPSA) is 72.5 Å². The van der Waals surface area contributed by atoms with Gasteiger partial charge in [0.1, 0.15) is 5.60 Å². The van der Waals surface area contributed by atoms with Crippen LogP contribution in [0.15, 0.2) is 18.3 Å². The second-order valence-electron chi connectivity index (χ2n) is 6.07. The van der Waals surface area contributed by atoms with E-state index in [1.165, 1.54) is 0 Å². The third-order valence-electron chi connectivity index (χ3n) is 4.53. The summed E-state index contributed by atoms with van der Waals surface area (Å²) in [6.07, 6.45) is 2.98. The molecule has 4 rings (SSSR count). The summed E-state index contributed by atoms with van der Waals surface area (Å²) in [4.78, 5) is 16.1. The molecule has 2 N–H and O–H groups in total. The van der Waals surface area contributed by atoms with E-state index in [0.717, 1.165) is 29.7 Å². The average Bonchev–Trinajstić information content (AvgIpc) is 3.10. The molecule has 1 amide bonds.